The molecule has 31 heavy (non-hydrogen) atoms. The van der Waals surface area contributed by atoms with Crippen molar-refractivity contribution in [1.29, 1.82) is 0 Å². The second kappa shape index (κ2) is 8.66. The van der Waals surface area contributed by atoms with Crippen molar-refractivity contribution in [2.24, 2.45) is 0 Å². The third-order valence-corrected chi connectivity index (χ3v) is 6.38. The molecule has 0 saturated carbocycles. The lowest BCUT2D eigenvalue weighted by Crippen LogP contribution is -2.44. The van der Waals surface area contributed by atoms with E-state index in [9.17, 15) is 9.18 Å². The number of fused-ring (bicyclic) bond motifs is 2. The first-order valence-electron chi connectivity index (χ1n) is 10.1. The highest BCUT2D eigenvalue weighted by Gasteiger charge is 2.23. The molecule has 2 aromatic heterocycles. The molecule has 0 spiro atoms. The molecule has 1 saturated heterocycles. The number of amides is 1. The Morgan fingerprint density at radius 3 is 2.84 bits per heavy atom. The first-order valence-corrected chi connectivity index (χ1v) is 10.9. The molecule has 3 heterocycles. The molecule has 0 unspecified atom stereocenters. The summed E-state index contributed by atoms with van der Waals surface area (Å²) >= 11 is 1.32. The number of morpholine rings is 1. The summed E-state index contributed by atoms with van der Waals surface area (Å²) in [5.74, 6) is -0.550. The Bertz CT molecular complexity index is 1220. The maximum absolute atomic E-state index is 14.2. The van der Waals surface area contributed by atoms with Crippen molar-refractivity contribution in [1.82, 2.24) is 24.9 Å². The van der Waals surface area contributed by atoms with Crippen LogP contribution in [0, 0.1) is 5.82 Å². The van der Waals surface area contributed by atoms with Crippen molar-refractivity contribution in [2.75, 3.05) is 44.3 Å². The number of thiazole rings is 1. The van der Waals surface area contributed by atoms with Crippen molar-refractivity contribution in [2.45, 2.75) is 6.54 Å². The average molecular weight is 441 g/mol. The second-order valence-electron chi connectivity index (χ2n) is 7.32. The number of aromatic nitrogens is 4. The predicted octanol–water partition coefficient (Wildman–Crippen LogP) is 2.55. The van der Waals surface area contributed by atoms with Crippen LogP contribution < -0.4 is 4.90 Å². The summed E-state index contributed by atoms with van der Waals surface area (Å²) < 4.78 is 21.9. The van der Waals surface area contributed by atoms with Crippen molar-refractivity contribution in [3.63, 3.8) is 0 Å². The first kappa shape index (κ1) is 20.0. The van der Waals surface area contributed by atoms with E-state index in [0.717, 1.165) is 24.1 Å². The predicted molar refractivity (Wildman–Crippen MR) is 117 cm³/mol. The van der Waals surface area contributed by atoms with Crippen LogP contribution in [0.5, 0.6) is 0 Å². The fourth-order valence-electron chi connectivity index (χ4n) is 3.66. The van der Waals surface area contributed by atoms with Gasteiger partial charge in [-0.05, 0) is 24.3 Å². The number of anilines is 1. The van der Waals surface area contributed by atoms with E-state index >= 15 is 0 Å². The zero-order valence-corrected chi connectivity index (χ0v) is 17.6. The van der Waals surface area contributed by atoms with Gasteiger partial charge in [-0.15, -0.1) is 5.10 Å². The lowest BCUT2D eigenvalue weighted by molar-refractivity contribution is -0.119. The van der Waals surface area contributed by atoms with Crippen molar-refractivity contribution in [3.05, 3.63) is 48.3 Å². The molecular weight excluding hydrogens is 419 g/mol. The van der Waals surface area contributed by atoms with E-state index in [4.69, 9.17) is 4.74 Å². The monoisotopic (exact) mass is 440 g/mol. The minimum Gasteiger partial charge on any atom is -0.379 e. The summed E-state index contributed by atoms with van der Waals surface area (Å²) in [6, 6.07) is 12.4. The highest BCUT2D eigenvalue weighted by Crippen LogP contribution is 2.30. The number of rotatable bonds is 6. The molecule has 0 bridgehead atoms. The third kappa shape index (κ3) is 4.14. The number of hydrogen-bond donors (Lipinski definition) is 0. The van der Waals surface area contributed by atoms with E-state index in [1.807, 2.05) is 30.3 Å². The zero-order chi connectivity index (χ0) is 21.2. The number of para-hydroxylation sites is 2. The standard InChI is InChI=1S/C21H21FN6O2S/c22-15-4-3-7-18-20(15)23-21(31-18)27(9-8-26-10-12-30-13-11-26)19(29)14-28-17-6-2-1-5-16(17)24-25-28/h1-7H,8-14H2. The number of ether oxygens (including phenoxy) is 1. The van der Waals surface area contributed by atoms with Gasteiger partial charge in [0.15, 0.2) is 5.13 Å². The Morgan fingerprint density at radius 1 is 1.16 bits per heavy atom. The van der Waals surface area contributed by atoms with E-state index in [1.165, 1.54) is 17.4 Å². The van der Waals surface area contributed by atoms with Gasteiger partial charge in [-0.25, -0.2) is 14.1 Å². The van der Waals surface area contributed by atoms with Crippen LogP contribution >= 0.6 is 11.3 Å². The van der Waals surface area contributed by atoms with Crippen LogP contribution in [0.4, 0.5) is 9.52 Å². The molecule has 160 valence electrons. The van der Waals surface area contributed by atoms with Crippen LogP contribution in [0.1, 0.15) is 0 Å². The van der Waals surface area contributed by atoms with Gasteiger partial charge in [-0.1, -0.05) is 34.7 Å². The Labute approximate surface area is 181 Å². The molecule has 8 nitrogen and oxygen atoms in total. The largest absolute Gasteiger partial charge is 0.379 e. The summed E-state index contributed by atoms with van der Waals surface area (Å²) in [5, 5.41) is 8.75. The summed E-state index contributed by atoms with van der Waals surface area (Å²) in [4.78, 5) is 21.7. The molecule has 0 atom stereocenters. The number of benzene rings is 2. The van der Waals surface area contributed by atoms with Gasteiger partial charge >= 0.3 is 0 Å². The molecule has 1 aliphatic rings. The van der Waals surface area contributed by atoms with Crippen LogP contribution in [0.25, 0.3) is 21.3 Å². The van der Waals surface area contributed by atoms with E-state index in [-0.39, 0.29) is 23.8 Å². The lowest BCUT2D eigenvalue weighted by Gasteiger charge is -2.29. The van der Waals surface area contributed by atoms with Crippen LogP contribution in [0.2, 0.25) is 0 Å². The fraction of sp³-hybridized carbons (Fsp3) is 0.333. The summed E-state index contributed by atoms with van der Waals surface area (Å²) in [5.41, 5.74) is 1.81. The van der Waals surface area contributed by atoms with Gasteiger partial charge < -0.3 is 4.74 Å². The van der Waals surface area contributed by atoms with Gasteiger partial charge in [-0.3, -0.25) is 14.6 Å². The molecule has 5 rings (SSSR count). The van der Waals surface area contributed by atoms with Gasteiger partial charge in [0.1, 0.15) is 23.4 Å². The van der Waals surface area contributed by atoms with Crippen LogP contribution in [0.3, 0.4) is 0 Å². The SMILES string of the molecule is O=C(Cn1nnc2ccccc21)N(CCN1CCOCC1)c1nc2c(F)cccc2s1. The quantitative estimate of drug-likeness (QED) is 0.459. The van der Waals surface area contributed by atoms with E-state index in [1.54, 1.807) is 15.6 Å². The lowest BCUT2D eigenvalue weighted by atomic mass is 10.3. The average Bonchev–Trinajstić information content (AvgIpc) is 3.40. The number of carbonyl (C=O) groups excluding carboxylic acids is 1. The second-order valence-corrected chi connectivity index (χ2v) is 8.33. The van der Waals surface area contributed by atoms with Crippen molar-refractivity contribution in [3.8, 4) is 0 Å². The normalized spacial score (nSPS) is 15.0. The fourth-order valence-corrected chi connectivity index (χ4v) is 4.68. The minimum atomic E-state index is -0.386. The Hall–Kier alpha value is -2.95. The molecule has 10 heteroatoms. The highest BCUT2D eigenvalue weighted by atomic mass is 32.1. The van der Waals surface area contributed by atoms with Crippen LogP contribution in [0.15, 0.2) is 42.5 Å². The maximum Gasteiger partial charge on any atom is 0.250 e. The molecule has 0 aliphatic carbocycles. The molecule has 1 fully saturated rings. The van der Waals surface area contributed by atoms with Gasteiger partial charge in [0, 0.05) is 26.2 Å². The molecular formula is C21H21FN6O2S. The van der Waals surface area contributed by atoms with Gasteiger partial charge in [0.05, 0.1) is 23.4 Å². The minimum absolute atomic E-state index is 0.0298. The molecule has 1 aliphatic heterocycles. The van der Waals surface area contributed by atoms with Gasteiger partial charge in [-0.2, -0.15) is 0 Å². The molecule has 1 amide bonds. The van der Waals surface area contributed by atoms with Gasteiger partial charge in [0.2, 0.25) is 0 Å². The number of hydrogen-bond acceptors (Lipinski definition) is 7. The van der Waals surface area contributed by atoms with E-state index < -0.39 is 0 Å². The Balaban J connectivity index is 1.43. The van der Waals surface area contributed by atoms with Gasteiger partial charge in [0.25, 0.3) is 5.91 Å². The van der Waals surface area contributed by atoms with Crippen LogP contribution in [-0.2, 0) is 16.1 Å². The number of halogens is 1. The molecule has 4 aromatic rings. The Morgan fingerprint density at radius 2 is 2.00 bits per heavy atom. The smallest absolute Gasteiger partial charge is 0.250 e. The van der Waals surface area contributed by atoms with Crippen LogP contribution in [-0.4, -0.2) is 70.2 Å². The van der Waals surface area contributed by atoms with E-state index in [0.29, 0.717) is 36.1 Å². The highest BCUT2D eigenvalue weighted by molar-refractivity contribution is 7.22. The number of nitrogens with zero attached hydrogens (tertiary/aromatic N) is 6. The topological polar surface area (TPSA) is 76.4 Å². The molecule has 0 N–H and O–H groups in total. The maximum atomic E-state index is 14.2. The summed E-state index contributed by atoms with van der Waals surface area (Å²) in [6.45, 7) is 4.19. The van der Waals surface area contributed by atoms with E-state index in [2.05, 4.69) is 20.2 Å². The number of carbonyl (C=O) groups is 1. The molecule has 0 radical (unpaired) electrons. The molecule has 2 aromatic carbocycles. The Kier molecular flexibility index (Phi) is 5.58. The van der Waals surface area contributed by atoms with Crippen molar-refractivity contribution >= 4 is 43.6 Å². The summed E-state index contributed by atoms with van der Waals surface area (Å²) in [6.07, 6.45) is 0. The third-order valence-electron chi connectivity index (χ3n) is 5.34. The first-order chi connectivity index (χ1) is 15.2. The zero-order valence-electron chi connectivity index (χ0n) is 16.8. The van der Waals surface area contributed by atoms with Crippen molar-refractivity contribution < 1.29 is 13.9 Å². The summed E-state index contributed by atoms with van der Waals surface area (Å²) in [7, 11) is 0.